The van der Waals surface area contributed by atoms with Crippen LogP contribution in [-0.2, 0) is 24.3 Å². The molecule has 0 bridgehead atoms. The minimum atomic E-state index is -0.765. The van der Waals surface area contributed by atoms with Crippen molar-refractivity contribution in [1.29, 1.82) is 0 Å². The van der Waals surface area contributed by atoms with Gasteiger partial charge in [0.2, 0.25) is 0 Å². The standard InChI is InChI=1S/C12H13N5O2S/c18-11(19)7-1-2-8-10(7)14-12(20-8)16-3-4-17-6-13-15-9(17)5-16/h6-7H,1-5H2,(H,18,19). The highest BCUT2D eigenvalue weighted by Gasteiger charge is 2.33. The molecule has 20 heavy (non-hydrogen) atoms. The second-order valence-electron chi connectivity index (χ2n) is 5.10. The minimum Gasteiger partial charge on any atom is -0.481 e. The van der Waals surface area contributed by atoms with Crippen LogP contribution in [0.4, 0.5) is 5.13 Å². The molecule has 1 unspecified atom stereocenters. The van der Waals surface area contributed by atoms with E-state index < -0.39 is 11.9 Å². The molecule has 2 aliphatic rings. The van der Waals surface area contributed by atoms with E-state index in [-0.39, 0.29) is 0 Å². The van der Waals surface area contributed by atoms with E-state index in [1.165, 1.54) is 0 Å². The van der Waals surface area contributed by atoms with E-state index in [1.54, 1.807) is 17.7 Å². The lowest BCUT2D eigenvalue weighted by Crippen LogP contribution is -2.33. The highest BCUT2D eigenvalue weighted by molar-refractivity contribution is 7.15. The van der Waals surface area contributed by atoms with Crippen molar-refractivity contribution in [3.8, 4) is 0 Å². The van der Waals surface area contributed by atoms with Crippen LogP contribution >= 0.6 is 11.3 Å². The lowest BCUT2D eigenvalue weighted by Gasteiger charge is -2.26. The summed E-state index contributed by atoms with van der Waals surface area (Å²) in [5.41, 5.74) is 0.768. The first-order valence-corrected chi connectivity index (χ1v) is 7.38. The van der Waals surface area contributed by atoms with Crippen LogP contribution in [0.2, 0.25) is 0 Å². The van der Waals surface area contributed by atoms with Crippen molar-refractivity contribution < 1.29 is 9.90 Å². The quantitative estimate of drug-likeness (QED) is 0.884. The maximum absolute atomic E-state index is 11.2. The van der Waals surface area contributed by atoms with Crippen molar-refractivity contribution in [3.63, 3.8) is 0 Å². The van der Waals surface area contributed by atoms with Gasteiger partial charge < -0.3 is 14.6 Å². The largest absolute Gasteiger partial charge is 0.481 e. The highest BCUT2D eigenvalue weighted by atomic mass is 32.1. The number of aryl methyl sites for hydroxylation is 1. The predicted octanol–water partition coefficient (Wildman–Crippen LogP) is 0.869. The summed E-state index contributed by atoms with van der Waals surface area (Å²) in [6.07, 6.45) is 3.25. The van der Waals surface area contributed by atoms with Gasteiger partial charge in [-0.05, 0) is 12.8 Å². The van der Waals surface area contributed by atoms with Crippen LogP contribution in [0.5, 0.6) is 0 Å². The normalized spacial score (nSPS) is 20.8. The zero-order valence-corrected chi connectivity index (χ0v) is 11.5. The number of thiazole rings is 1. The molecule has 0 aromatic carbocycles. The molecule has 1 N–H and O–H groups in total. The third-order valence-electron chi connectivity index (χ3n) is 3.91. The smallest absolute Gasteiger partial charge is 0.312 e. The Kier molecular flexibility index (Phi) is 2.53. The number of rotatable bonds is 2. The average molecular weight is 291 g/mol. The summed E-state index contributed by atoms with van der Waals surface area (Å²) < 4.78 is 2.04. The highest BCUT2D eigenvalue weighted by Crippen LogP contribution is 2.40. The van der Waals surface area contributed by atoms with E-state index in [0.29, 0.717) is 13.0 Å². The molecule has 4 rings (SSSR count). The fraction of sp³-hybridized carbons (Fsp3) is 0.500. The predicted molar refractivity (Wildman–Crippen MR) is 71.9 cm³/mol. The van der Waals surface area contributed by atoms with Gasteiger partial charge in [0.15, 0.2) is 11.0 Å². The zero-order valence-electron chi connectivity index (χ0n) is 10.7. The summed E-state index contributed by atoms with van der Waals surface area (Å²) in [5.74, 6) is -0.260. The molecule has 0 saturated heterocycles. The van der Waals surface area contributed by atoms with Crippen molar-refractivity contribution in [2.24, 2.45) is 0 Å². The number of aliphatic carboxylic acids is 1. The van der Waals surface area contributed by atoms with Crippen LogP contribution in [0.1, 0.15) is 28.7 Å². The molecule has 0 amide bonds. The summed E-state index contributed by atoms with van der Waals surface area (Å²) >= 11 is 1.62. The number of hydrogen-bond donors (Lipinski definition) is 1. The molecule has 104 valence electrons. The summed E-state index contributed by atoms with van der Waals surface area (Å²) in [6.45, 7) is 2.38. The molecule has 1 aliphatic heterocycles. The molecule has 0 saturated carbocycles. The first kappa shape index (κ1) is 11.8. The van der Waals surface area contributed by atoms with Gasteiger partial charge in [-0.25, -0.2) is 4.98 Å². The molecule has 2 aromatic rings. The van der Waals surface area contributed by atoms with Gasteiger partial charge in [-0.15, -0.1) is 21.5 Å². The number of hydrogen-bond acceptors (Lipinski definition) is 6. The molecule has 3 heterocycles. The lowest BCUT2D eigenvalue weighted by molar-refractivity contribution is -0.138. The molecule has 0 fully saturated rings. The van der Waals surface area contributed by atoms with Crippen molar-refractivity contribution in [1.82, 2.24) is 19.7 Å². The Morgan fingerprint density at radius 1 is 1.45 bits per heavy atom. The fourth-order valence-corrected chi connectivity index (χ4v) is 3.98. The van der Waals surface area contributed by atoms with Crippen LogP contribution < -0.4 is 4.90 Å². The van der Waals surface area contributed by atoms with Crippen LogP contribution in [0.25, 0.3) is 0 Å². The number of nitrogens with zero attached hydrogens (tertiary/aromatic N) is 5. The average Bonchev–Trinajstić information content (AvgIpc) is 3.11. The summed E-state index contributed by atoms with van der Waals surface area (Å²) in [5, 5.41) is 18.1. The van der Waals surface area contributed by atoms with Gasteiger partial charge in [0.05, 0.1) is 12.2 Å². The van der Waals surface area contributed by atoms with Gasteiger partial charge >= 0.3 is 5.97 Å². The Labute approximate surface area is 118 Å². The molecule has 0 radical (unpaired) electrons. The van der Waals surface area contributed by atoms with Crippen LogP contribution in [0, 0.1) is 0 Å². The van der Waals surface area contributed by atoms with E-state index in [2.05, 4.69) is 20.1 Å². The molecule has 2 aromatic heterocycles. The van der Waals surface area contributed by atoms with Gasteiger partial charge in [-0.2, -0.15) is 0 Å². The second-order valence-corrected chi connectivity index (χ2v) is 6.16. The number of carbonyl (C=O) groups is 1. The SMILES string of the molecule is O=C(O)C1CCc2sc(N3CCn4cnnc4C3)nc21. The van der Waals surface area contributed by atoms with Crippen molar-refractivity contribution in [2.45, 2.75) is 31.8 Å². The van der Waals surface area contributed by atoms with E-state index in [1.807, 2.05) is 4.57 Å². The van der Waals surface area contributed by atoms with Crippen LogP contribution in [0.15, 0.2) is 6.33 Å². The van der Waals surface area contributed by atoms with Crippen molar-refractivity contribution in [2.75, 3.05) is 11.4 Å². The summed E-state index contributed by atoms with van der Waals surface area (Å²) in [6, 6.07) is 0. The Balaban J connectivity index is 1.62. The number of aromatic nitrogens is 4. The number of carboxylic acids is 1. The molecule has 0 spiro atoms. The second kappa shape index (κ2) is 4.27. The minimum absolute atomic E-state index is 0.427. The van der Waals surface area contributed by atoms with Crippen LogP contribution in [0.3, 0.4) is 0 Å². The third-order valence-corrected chi connectivity index (χ3v) is 5.11. The van der Waals surface area contributed by atoms with Gasteiger partial charge in [0.25, 0.3) is 0 Å². The van der Waals surface area contributed by atoms with E-state index in [4.69, 9.17) is 0 Å². The monoisotopic (exact) mass is 291 g/mol. The number of carboxylic acid groups (broad SMARTS) is 1. The Morgan fingerprint density at radius 2 is 2.35 bits per heavy atom. The molecule has 8 heteroatoms. The maximum Gasteiger partial charge on any atom is 0.312 e. The van der Waals surface area contributed by atoms with Gasteiger partial charge in [0.1, 0.15) is 12.2 Å². The molecule has 7 nitrogen and oxygen atoms in total. The number of fused-ring (bicyclic) bond motifs is 2. The molecule has 1 atom stereocenters. The molecule has 1 aliphatic carbocycles. The third kappa shape index (κ3) is 1.71. The van der Waals surface area contributed by atoms with Crippen LogP contribution in [-0.4, -0.2) is 37.4 Å². The first-order valence-electron chi connectivity index (χ1n) is 6.56. The Hall–Kier alpha value is -1.96. The van der Waals surface area contributed by atoms with Crippen molar-refractivity contribution in [3.05, 3.63) is 22.7 Å². The lowest BCUT2D eigenvalue weighted by atomic mass is 10.1. The summed E-state index contributed by atoms with van der Waals surface area (Å²) in [4.78, 5) is 19.1. The Bertz CT molecular complexity index is 679. The fourth-order valence-electron chi connectivity index (χ4n) is 2.82. The molecular formula is C12H13N5O2S. The molecular weight excluding hydrogens is 278 g/mol. The van der Waals surface area contributed by atoms with Gasteiger partial charge in [-0.1, -0.05) is 0 Å². The Morgan fingerprint density at radius 3 is 3.20 bits per heavy atom. The first-order chi connectivity index (χ1) is 9.72. The maximum atomic E-state index is 11.2. The van der Waals surface area contributed by atoms with Gasteiger partial charge in [-0.3, -0.25) is 4.79 Å². The number of anilines is 1. The van der Waals surface area contributed by atoms with Gasteiger partial charge in [0, 0.05) is 18.0 Å². The topological polar surface area (TPSA) is 84.1 Å². The van der Waals surface area contributed by atoms with Crippen molar-refractivity contribution >= 4 is 22.4 Å². The summed E-state index contributed by atoms with van der Waals surface area (Å²) in [7, 11) is 0. The zero-order chi connectivity index (χ0) is 13.7. The van der Waals surface area contributed by atoms with E-state index in [9.17, 15) is 9.90 Å². The van der Waals surface area contributed by atoms with E-state index >= 15 is 0 Å². The van der Waals surface area contributed by atoms with E-state index in [0.717, 1.165) is 41.0 Å².